The van der Waals surface area contributed by atoms with Crippen LogP contribution in [0.25, 0.3) is 0 Å². The summed E-state index contributed by atoms with van der Waals surface area (Å²) >= 11 is 0. The highest BCUT2D eigenvalue weighted by Crippen LogP contribution is 2.34. The Hall–Kier alpha value is -1.53. The van der Waals surface area contributed by atoms with Gasteiger partial charge in [-0.3, -0.25) is 0 Å². The van der Waals surface area contributed by atoms with Crippen LogP contribution in [0.4, 0.5) is 0 Å². The molecular weight excluding hydrogens is 200 g/mol. The van der Waals surface area contributed by atoms with Crippen LogP contribution in [0.2, 0.25) is 0 Å². The number of rotatable bonds is 2. The van der Waals surface area contributed by atoms with Crippen molar-refractivity contribution in [3.8, 4) is 11.8 Å². The molecule has 1 aromatic rings. The first-order valence-electron chi connectivity index (χ1n) is 5.52. The molecule has 1 N–H and O–H groups in total. The SMILES string of the molecule is COc1c(C)cccc1C1CC(C#N)CN1. The van der Waals surface area contributed by atoms with Crippen LogP contribution in [0.3, 0.4) is 0 Å². The second kappa shape index (κ2) is 4.54. The molecular formula is C13H16N2O. The second-order valence-corrected chi connectivity index (χ2v) is 4.22. The van der Waals surface area contributed by atoms with E-state index < -0.39 is 0 Å². The molecule has 0 aliphatic carbocycles. The van der Waals surface area contributed by atoms with E-state index in [-0.39, 0.29) is 12.0 Å². The van der Waals surface area contributed by atoms with Crippen molar-refractivity contribution < 1.29 is 4.74 Å². The molecule has 2 atom stereocenters. The van der Waals surface area contributed by atoms with E-state index in [4.69, 9.17) is 10.00 Å². The number of nitriles is 1. The summed E-state index contributed by atoms with van der Waals surface area (Å²) in [4.78, 5) is 0. The van der Waals surface area contributed by atoms with Crippen molar-refractivity contribution in [1.29, 1.82) is 5.26 Å². The zero-order chi connectivity index (χ0) is 11.5. The molecule has 1 heterocycles. The fourth-order valence-corrected chi connectivity index (χ4v) is 2.30. The predicted molar refractivity (Wildman–Crippen MR) is 62.2 cm³/mol. The summed E-state index contributed by atoms with van der Waals surface area (Å²) in [5.74, 6) is 1.06. The van der Waals surface area contributed by atoms with Crippen LogP contribution in [0, 0.1) is 24.2 Å². The van der Waals surface area contributed by atoms with E-state index in [9.17, 15) is 0 Å². The number of hydrogen-bond donors (Lipinski definition) is 1. The van der Waals surface area contributed by atoms with Crippen LogP contribution in [0.15, 0.2) is 18.2 Å². The fraction of sp³-hybridized carbons (Fsp3) is 0.462. The van der Waals surface area contributed by atoms with Crippen molar-refractivity contribution in [2.24, 2.45) is 5.92 Å². The number of nitrogens with zero attached hydrogens (tertiary/aromatic N) is 1. The molecule has 3 heteroatoms. The van der Waals surface area contributed by atoms with E-state index in [0.717, 1.165) is 24.3 Å². The van der Waals surface area contributed by atoms with E-state index in [1.54, 1.807) is 7.11 Å². The molecule has 1 aromatic carbocycles. The molecule has 0 saturated carbocycles. The van der Waals surface area contributed by atoms with Crippen molar-refractivity contribution in [3.63, 3.8) is 0 Å². The summed E-state index contributed by atoms with van der Waals surface area (Å²) in [7, 11) is 1.70. The van der Waals surface area contributed by atoms with Gasteiger partial charge in [-0.25, -0.2) is 0 Å². The molecule has 0 radical (unpaired) electrons. The molecule has 0 aromatic heterocycles. The van der Waals surface area contributed by atoms with E-state index in [2.05, 4.69) is 17.5 Å². The van der Waals surface area contributed by atoms with Gasteiger partial charge in [0.1, 0.15) is 5.75 Å². The van der Waals surface area contributed by atoms with Gasteiger partial charge < -0.3 is 10.1 Å². The number of hydrogen-bond acceptors (Lipinski definition) is 3. The van der Waals surface area contributed by atoms with Crippen molar-refractivity contribution in [2.75, 3.05) is 13.7 Å². The van der Waals surface area contributed by atoms with Crippen molar-refractivity contribution in [1.82, 2.24) is 5.32 Å². The number of methoxy groups -OCH3 is 1. The van der Waals surface area contributed by atoms with Crippen LogP contribution in [0.5, 0.6) is 5.75 Å². The molecule has 2 rings (SSSR count). The van der Waals surface area contributed by atoms with Gasteiger partial charge in [-0.05, 0) is 18.9 Å². The van der Waals surface area contributed by atoms with Crippen LogP contribution >= 0.6 is 0 Å². The molecule has 0 bridgehead atoms. The third-order valence-electron chi connectivity index (χ3n) is 3.14. The predicted octanol–water partition coefficient (Wildman–Crippen LogP) is 2.18. The lowest BCUT2D eigenvalue weighted by Crippen LogP contribution is -2.14. The highest BCUT2D eigenvalue weighted by atomic mass is 16.5. The molecule has 84 valence electrons. The molecule has 0 spiro atoms. The standard InChI is InChI=1S/C13H16N2O/c1-9-4-3-5-11(13(9)16-2)12-6-10(7-14)8-15-12/h3-5,10,12,15H,6,8H2,1-2H3. The Kier molecular flexibility index (Phi) is 3.12. The minimum Gasteiger partial charge on any atom is -0.496 e. The summed E-state index contributed by atoms with van der Waals surface area (Å²) in [6.07, 6.45) is 0.871. The lowest BCUT2D eigenvalue weighted by molar-refractivity contribution is 0.400. The first-order chi connectivity index (χ1) is 7.76. The van der Waals surface area contributed by atoms with E-state index in [0.29, 0.717) is 0 Å². The Morgan fingerprint density at radius 3 is 2.94 bits per heavy atom. The topological polar surface area (TPSA) is 45.0 Å². The van der Waals surface area contributed by atoms with E-state index in [1.807, 2.05) is 19.1 Å². The fourth-order valence-electron chi connectivity index (χ4n) is 2.30. The van der Waals surface area contributed by atoms with Gasteiger partial charge in [-0.2, -0.15) is 5.26 Å². The van der Waals surface area contributed by atoms with Gasteiger partial charge in [0.25, 0.3) is 0 Å². The zero-order valence-corrected chi connectivity index (χ0v) is 9.66. The van der Waals surface area contributed by atoms with Gasteiger partial charge in [-0.15, -0.1) is 0 Å². The number of ether oxygens (including phenoxy) is 1. The molecule has 1 saturated heterocycles. The number of para-hydroxylation sites is 1. The van der Waals surface area contributed by atoms with Gasteiger partial charge in [0.15, 0.2) is 0 Å². The van der Waals surface area contributed by atoms with E-state index in [1.165, 1.54) is 5.56 Å². The Bertz CT molecular complexity index is 422. The summed E-state index contributed by atoms with van der Waals surface area (Å²) in [5.41, 5.74) is 2.31. The number of benzene rings is 1. The maximum absolute atomic E-state index is 8.89. The van der Waals surface area contributed by atoms with Gasteiger partial charge in [0, 0.05) is 18.2 Å². The van der Waals surface area contributed by atoms with Gasteiger partial charge in [0.05, 0.1) is 19.1 Å². The molecule has 1 fully saturated rings. The minimum absolute atomic E-state index is 0.121. The average molecular weight is 216 g/mol. The molecule has 2 unspecified atom stereocenters. The lowest BCUT2D eigenvalue weighted by atomic mass is 9.98. The molecule has 0 amide bonds. The first kappa shape index (κ1) is 11.0. The van der Waals surface area contributed by atoms with Gasteiger partial charge in [-0.1, -0.05) is 18.2 Å². The Morgan fingerprint density at radius 1 is 1.50 bits per heavy atom. The third kappa shape index (κ3) is 1.89. The molecule has 3 nitrogen and oxygen atoms in total. The monoisotopic (exact) mass is 216 g/mol. The van der Waals surface area contributed by atoms with Crippen LogP contribution < -0.4 is 10.1 Å². The van der Waals surface area contributed by atoms with Crippen molar-refractivity contribution in [2.45, 2.75) is 19.4 Å². The molecule has 1 aliphatic rings. The number of aryl methyl sites for hydroxylation is 1. The maximum atomic E-state index is 8.89. The summed E-state index contributed by atoms with van der Waals surface area (Å²) in [6.45, 7) is 2.82. The third-order valence-corrected chi connectivity index (χ3v) is 3.14. The number of nitrogens with one attached hydrogen (secondary N) is 1. The van der Waals surface area contributed by atoms with Crippen LogP contribution in [-0.2, 0) is 0 Å². The molecule has 16 heavy (non-hydrogen) atoms. The molecule has 1 aliphatic heterocycles. The second-order valence-electron chi connectivity index (χ2n) is 4.22. The van der Waals surface area contributed by atoms with Gasteiger partial charge >= 0.3 is 0 Å². The summed E-state index contributed by atoms with van der Waals surface area (Å²) < 4.78 is 5.43. The highest BCUT2D eigenvalue weighted by molar-refractivity contribution is 5.43. The van der Waals surface area contributed by atoms with Crippen molar-refractivity contribution in [3.05, 3.63) is 29.3 Å². The van der Waals surface area contributed by atoms with Crippen LogP contribution in [-0.4, -0.2) is 13.7 Å². The van der Waals surface area contributed by atoms with Crippen molar-refractivity contribution >= 4 is 0 Å². The Labute approximate surface area is 96.0 Å². The zero-order valence-electron chi connectivity index (χ0n) is 9.66. The first-order valence-corrected chi connectivity index (χ1v) is 5.52. The largest absolute Gasteiger partial charge is 0.496 e. The van der Waals surface area contributed by atoms with Crippen LogP contribution in [0.1, 0.15) is 23.6 Å². The average Bonchev–Trinajstić information content (AvgIpc) is 2.77. The van der Waals surface area contributed by atoms with Gasteiger partial charge in [0.2, 0.25) is 0 Å². The van der Waals surface area contributed by atoms with E-state index >= 15 is 0 Å². The summed E-state index contributed by atoms with van der Waals surface area (Å²) in [6, 6.07) is 8.71. The minimum atomic E-state index is 0.121. The highest BCUT2D eigenvalue weighted by Gasteiger charge is 2.27. The quantitative estimate of drug-likeness (QED) is 0.824. The smallest absolute Gasteiger partial charge is 0.126 e. The normalized spacial score (nSPS) is 24.1. The Morgan fingerprint density at radius 2 is 2.31 bits per heavy atom. The Balaban J connectivity index is 2.28. The lowest BCUT2D eigenvalue weighted by Gasteiger charge is -2.16. The maximum Gasteiger partial charge on any atom is 0.126 e. The summed E-state index contributed by atoms with van der Waals surface area (Å²) in [5, 5.41) is 12.3.